The fraction of sp³-hybridized carbons (Fsp3) is 0.444. The number of methoxy groups -OCH3 is 1. The van der Waals surface area contributed by atoms with E-state index in [0.29, 0.717) is 12.3 Å². The average molecular weight is 362 g/mol. The van der Waals surface area contributed by atoms with E-state index in [1.165, 1.54) is 4.88 Å². The number of ether oxygens (including phenoxy) is 1. The number of aromatic nitrogens is 1. The molecule has 0 aliphatic carbocycles. The third kappa shape index (κ3) is 5.63. The minimum atomic E-state index is 0.217. The summed E-state index contributed by atoms with van der Waals surface area (Å²) in [5, 5.41) is 17.6. The van der Waals surface area contributed by atoms with E-state index in [4.69, 9.17) is 4.74 Å². The van der Waals surface area contributed by atoms with Crippen LogP contribution in [0.15, 0.2) is 23.2 Å². The number of thiazole rings is 1. The van der Waals surface area contributed by atoms with Crippen LogP contribution in [0, 0.1) is 13.8 Å². The van der Waals surface area contributed by atoms with Gasteiger partial charge in [-0.3, -0.25) is 0 Å². The topological polar surface area (TPSA) is 78.8 Å². The Bertz CT molecular complexity index is 708. The van der Waals surface area contributed by atoms with Gasteiger partial charge in [0.1, 0.15) is 11.5 Å². The van der Waals surface area contributed by atoms with Crippen molar-refractivity contribution in [2.75, 3.05) is 20.2 Å². The normalized spacial score (nSPS) is 11.4. The van der Waals surface area contributed by atoms with Crippen LogP contribution >= 0.6 is 11.3 Å². The number of nitrogens with one attached hydrogen (secondary N) is 2. The van der Waals surface area contributed by atoms with Gasteiger partial charge >= 0.3 is 0 Å². The van der Waals surface area contributed by atoms with E-state index in [1.807, 2.05) is 13.8 Å². The van der Waals surface area contributed by atoms with Crippen molar-refractivity contribution in [2.45, 2.75) is 33.7 Å². The number of rotatable bonds is 7. The molecule has 0 atom stereocenters. The van der Waals surface area contributed by atoms with E-state index in [-0.39, 0.29) is 5.75 Å². The van der Waals surface area contributed by atoms with Crippen molar-refractivity contribution in [1.29, 1.82) is 0 Å². The summed E-state index contributed by atoms with van der Waals surface area (Å²) in [6.07, 6.45) is 0.855. The van der Waals surface area contributed by atoms with Crippen molar-refractivity contribution >= 4 is 17.3 Å². The van der Waals surface area contributed by atoms with Gasteiger partial charge in [-0.15, -0.1) is 11.3 Å². The molecule has 3 N–H and O–H groups in total. The van der Waals surface area contributed by atoms with Crippen LogP contribution in [0.3, 0.4) is 0 Å². The minimum absolute atomic E-state index is 0.217. The Morgan fingerprint density at radius 3 is 2.76 bits per heavy atom. The number of phenols is 1. The lowest BCUT2D eigenvalue weighted by atomic mass is 10.2. The molecule has 0 unspecified atom stereocenters. The Morgan fingerprint density at radius 2 is 2.12 bits per heavy atom. The molecule has 0 saturated carbocycles. The Balaban J connectivity index is 1.95. The van der Waals surface area contributed by atoms with Crippen LogP contribution in [0.5, 0.6) is 11.5 Å². The number of aryl methyl sites for hydroxylation is 2. The quantitative estimate of drug-likeness (QED) is 0.521. The Morgan fingerprint density at radius 1 is 1.32 bits per heavy atom. The van der Waals surface area contributed by atoms with E-state index in [9.17, 15) is 5.11 Å². The monoisotopic (exact) mass is 362 g/mol. The van der Waals surface area contributed by atoms with Gasteiger partial charge in [0.25, 0.3) is 0 Å². The standard InChI is InChI=1S/C18H26N4O2S/c1-5-19-18(20-9-8-17-22-12(2)13(3)25-17)21-11-14-10-15(24-4)6-7-16(14)23/h6-7,10,23H,5,8-9,11H2,1-4H3,(H2,19,20,21). The maximum atomic E-state index is 9.95. The summed E-state index contributed by atoms with van der Waals surface area (Å²) >= 11 is 1.74. The maximum Gasteiger partial charge on any atom is 0.191 e. The van der Waals surface area contributed by atoms with Crippen LogP contribution in [0.4, 0.5) is 0 Å². The molecule has 1 heterocycles. The van der Waals surface area contributed by atoms with Gasteiger partial charge in [0.05, 0.1) is 24.4 Å². The highest BCUT2D eigenvalue weighted by atomic mass is 32.1. The molecule has 0 aliphatic rings. The van der Waals surface area contributed by atoms with Crippen molar-refractivity contribution in [3.8, 4) is 11.5 Å². The minimum Gasteiger partial charge on any atom is -0.508 e. The largest absolute Gasteiger partial charge is 0.508 e. The molecule has 1 aromatic heterocycles. The first-order valence-electron chi connectivity index (χ1n) is 8.34. The van der Waals surface area contributed by atoms with Crippen LogP contribution in [0.1, 0.15) is 28.1 Å². The lowest BCUT2D eigenvalue weighted by molar-refractivity contribution is 0.411. The number of hydrogen-bond acceptors (Lipinski definition) is 5. The van der Waals surface area contributed by atoms with E-state index in [0.717, 1.165) is 41.7 Å². The second-order valence-corrected chi connectivity index (χ2v) is 6.90. The van der Waals surface area contributed by atoms with Crippen LogP contribution in [-0.4, -0.2) is 36.2 Å². The summed E-state index contributed by atoms with van der Waals surface area (Å²) in [5.41, 5.74) is 1.83. The first kappa shape index (κ1) is 19.1. The van der Waals surface area contributed by atoms with Crippen molar-refractivity contribution in [1.82, 2.24) is 15.6 Å². The van der Waals surface area contributed by atoms with Crippen LogP contribution in [0.2, 0.25) is 0 Å². The van der Waals surface area contributed by atoms with Gasteiger partial charge in [-0.2, -0.15) is 0 Å². The molecule has 2 rings (SSSR count). The zero-order valence-electron chi connectivity index (χ0n) is 15.2. The summed E-state index contributed by atoms with van der Waals surface area (Å²) in [4.78, 5) is 10.4. The lowest BCUT2D eigenvalue weighted by Crippen LogP contribution is -2.38. The number of guanidine groups is 1. The molecule has 0 bridgehead atoms. The molecule has 136 valence electrons. The molecular weight excluding hydrogens is 336 g/mol. The fourth-order valence-electron chi connectivity index (χ4n) is 2.26. The third-order valence-electron chi connectivity index (χ3n) is 3.74. The van der Waals surface area contributed by atoms with Gasteiger partial charge in [0.15, 0.2) is 5.96 Å². The number of aromatic hydroxyl groups is 1. The van der Waals surface area contributed by atoms with Crippen molar-refractivity contribution < 1.29 is 9.84 Å². The molecule has 0 saturated heterocycles. The number of benzene rings is 1. The highest BCUT2D eigenvalue weighted by molar-refractivity contribution is 7.11. The van der Waals surface area contributed by atoms with E-state index < -0.39 is 0 Å². The molecule has 25 heavy (non-hydrogen) atoms. The van der Waals surface area contributed by atoms with Crippen molar-refractivity contribution in [2.24, 2.45) is 4.99 Å². The maximum absolute atomic E-state index is 9.95. The fourth-order valence-corrected chi connectivity index (χ4v) is 3.19. The number of nitrogens with zero attached hydrogens (tertiary/aromatic N) is 2. The molecule has 0 aliphatic heterocycles. The van der Waals surface area contributed by atoms with E-state index in [1.54, 1.807) is 36.6 Å². The van der Waals surface area contributed by atoms with Gasteiger partial charge in [-0.05, 0) is 39.0 Å². The summed E-state index contributed by atoms with van der Waals surface area (Å²) < 4.78 is 5.19. The average Bonchev–Trinajstić information content (AvgIpc) is 2.92. The zero-order chi connectivity index (χ0) is 18.2. The molecule has 0 spiro atoms. The molecule has 7 heteroatoms. The van der Waals surface area contributed by atoms with Crippen LogP contribution in [0.25, 0.3) is 0 Å². The summed E-state index contributed by atoms with van der Waals surface area (Å²) in [7, 11) is 1.60. The molecule has 2 aromatic rings. The second kappa shape index (κ2) is 9.27. The van der Waals surface area contributed by atoms with E-state index in [2.05, 4.69) is 27.5 Å². The second-order valence-electron chi connectivity index (χ2n) is 5.62. The summed E-state index contributed by atoms with van der Waals surface area (Å²) in [5.74, 6) is 1.64. The van der Waals surface area contributed by atoms with Gasteiger partial charge in [-0.1, -0.05) is 0 Å². The molecular formula is C18H26N4O2S. The van der Waals surface area contributed by atoms with Gasteiger partial charge < -0.3 is 20.5 Å². The highest BCUT2D eigenvalue weighted by Crippen LogP contribution is 2.23. The van der Waals surface area contributed by atoms with Gasteiger partial charge in [0.2, 0.25) is 0 Å². The first-order chi connectivity index (χ1) is 12.0. The Hall–Kier alpha value is -2.28. The molecule has 0 radical (unpaired) electrons. The molecule has 0 amide bonds. The summed E-state index contributed by atoms with van der Waals surface area (Å²) in [6, 6.07) is 5.14. The van der Waals surface area contributed by atoms with Crippen molar-refractivity contribution in [3.63, 3.8) is 0 Å². The smallest absolute Gasteiger partial charge is 0.191 e. The third-order valence-corrected chi connectivity index (χ3v) is 4.88. The Kier molecular flexibility index (Phi) is 7.06. The number of aliphatic imine (C=N–C) groups is 1. The molecule has 1 aromatic carbocycles. The lowest BCUT2D eigenvalue weighted by Gasteiger charge is -2.11. The zero-order valence-corrected chi connectivity index (χ0v) is 16.0. The first-order valence-corrected chi connectivity index (χ1v) is 9.16. The van der Waals surface area contributed by atoms with Gasteiger partial charge in [0, 0.05) is 30.0 Å². The van der Waals surface area contributed by atoms with Crippen LogP contribution in [-0.2, 0) is 13.0 Å². The molecule has 0 fully saturated rings. The van der Waals surface area contributed by atoms with Crippen molar-refractivity contribution in [3.05, 3.63) is 39.3 Å². The molecule has 6 nitrogen and oxygen atoms in total. The van der Waals surface area contributed by atoms with Gasteiger partial charge in [-0.25, -0.2) is 9.98 Å². The SMILES string of the molecule is CCNC(=NCc1cc(OC)ccc1O)NCCc1nc(C)c(C)s1. The van der Waals surface area contributed by atoms with E-state index >= 15 is 0 Å². The predicted molar refractivity (Wildman–Crippen MR) is 103 cm³/mol. The van der Waals surface area contributed by atoms with Crippen LogP contribution < -0.4 is 15.4 Å². The number of phenolic OH excluding ortho intramolecular Hbond substituents is 1. The summed E-state index contributed by atoms with van der Waals surface area (Å²) in [6.45, 7) is 8.04. The predicted octanol–water partition coefficient (Wildman–Crippen LogP) is 2.77. The Labute approximate surface area is 153 Å². The highest BCUT2D eigenvalue weighted by Gasteiger charge is 2.06. The number of hydrogen-bond donors (Lipinski definition) is 3.